The van der Waals surface area contributed by atoms with E-state index in [2.05, 4.69) is 22.0 Å². The number of hydrogen-bond donors (Lipinski definition) is 1. The molecule has 1 aliphatic carbocycles. The van der Waals surface area contributed by atoms with Crippen LogP contribution in [0.15, 0.2) is 12.1 Å². The van der Waals surface area contributed by atoms with Crippen LogP contribution < -0.4 is 5.32 Å². The zero-order chi connectivity index (χ0) is 28.3. The van der Waals surface area contributed by atoms with E-state index in [4.69, 9.17) is 21.1 Å². The van der Waals surface area contributed by atoms with Gasteiger partial charge in [0.1, 0.15) is 5.60 Å². The molecule has 4 rings (SSSR count). The standard InChI is InChI=1S/C29H43ClN4O5/c1-19-16-32(10-11-34(19)27(36)21-8-6-7-9-21)17-22-14-23(30)15-24(20(22)2)31-26(35)25-18-33(12-13-38-25)28(37)39-29(3,4)5/h14-15,19,21,25H,6-13,16-18H2,1-5H3,(H,31,35)/t19-,25?/m0/s1. The van der Waals surface area contributed by atoms with Gasteiger partial charge in [0.05, 0.1) is 13.2 Å². The first-order valence-electron chi connectivity index (χ1n) is 14.1. The molecule has 9 nitrogen and oxygen atoms in total. The third kappa shape index (κ3) is 7.64. The second-order valence-electron chi connectivity index (χ2n) is 12.1. The van der Waals surface area contributed by atoms with Gasteiger partial charge in [0.15, 0.2) is 6.10 Å². The van der Waals surface area contributed by atoms with E-state index >= 15 is 0 Å². The van der Waals surface area contributed by atoms with Crippen molar-refractivity contribution in [3.63, 3.8) is 0 Å². The van der Waals surface area contributed by atoms with Gasteiger partial charge in [-0.2, -0.15) is 0 Å². The molecular formula is C29H43ClN4O5. The second kappa shape index (κ2) is 12.4. The number of carbonyl (C=O) groups is 3. The molecule has 1 aromatic rings. The van der Waals surface area contributed by atoms with Gasteiger partial charge in [0, 0.05) is 55.4 Å². The summed E-state index contributed by atoms with van der Waals surface area (Å²) in [6.07, 6.45) is 3.10. The molecule has 0 bridgehead atoms. The lowest BCUT2D eigenvalue weighted by Gasteiger charge is -2.41. The summed E-state index contributed by atoms with van der Waals surface area (Å²) in [6.45, 7) is 13.3. The maximum absolute atomic E-state index is 13.1. The molecule has 1 aromatic carbocycles. The van der Waals surface area contributed by atoms with E-state index in [-0.39, 0.29) is 31.0 Å². The summed E-state index contributed by atoms with van der Waals surface area (Å²) in [5, 5.41) is 3.51. The zero-order valence-corrected chi connectivity index (χ0v) is 24.7. The number of carbonyl (C=O) groups excluding carboxylic acids is 3. The summed E-state index contributed by atoms with van der Waals surface area (Å²) in [5.74, 6) is 0.190. The number of amides is 3. The third-order valence-corrected chi connectivity index (χ3v) is 8.06. The molecule has 216 valence electrons. The van der Waals surface area contributed by atoms with E-state index in [1.165, 1.54) is 4.90 Å². The van der Waals surface area contributed by atoms with Gasteiger partial charge < -0.3 is 24.6 Å². The Bertz CT molecular complexity index is 1070. The molecule has 10 heteroatoms. The van der Waals surface area contributed by atoms with Crippen molar-refractivity contribution in [2.75, 3.05) is 44.6 Å². The highest BCUT2D eigenvalue weighted by Gasteiger charge is 2.34. The van der Waals surface area contributed by atoms with Crippen LogP contribution in [0, 0.1) is 12.8 Å². The van der Waals surface area contributed by atoms with Crippen LogP contribution in [-0.2, 0) is 25.6 Å². The monoisotopic (exact) mass is 562 g/mol. The lowest BCUT2D eigenvalue weighted by atomic mass is 10.0. The smallest absolute Gasteiger partial charge is 0.410 e. The SMILES string of the molecule is Cc1c(CN2CCN(C(=O)C3CCCC3)[C@@H](C)C2)cc(Cl)cc1NC(=O)C1CN(C(=O)OC(C)(C)C)CCO1. The molecule has 2 saturated heterocycles. The molecule has 3 fully saturated rings. The van der Waals surface area contributed by atoms with Crippen LogP contribution in [0.25, 0.3) is 0 Å². The number of hydrogen-bond acceptors (Lipinski definition) is 6. The van der Waals surface area contributed by atoms with Crippen LogP contribution in [0.3, 0.4) is 0 Å². The lowest BCUT2D eigenvalue weighted by Crippen LogP contribution is -2.54. The highest BCUT2D eigenvalue weighted by molar-refractivity contribution is 6.31. The Morgan fingerprint density at radius 3 is 2.49 bits per heavy atom. The van der Waals surface area contributed by atoms with E-state index in [0.29, 0.717) is 29.7 Å². The summed E-state index contributed by atoms with van der Waals surface area (Å²) < 4.78 is 11.1. The topological polar surface area (TPSA) is 91.4 Å². The number of nitrogens with zero attached hydrogens (tertiary/aromatic N) is 3. The Morgan fingerprint density at radius 1 is 1.10 bits per heavy atom. The minimum absolute atomic E-state index is 0.120. The number of piperazine rings is 1. The number of rotatable bonds is 5. The number of halogens is 1. The van der Waals surface area contributed by atoms with Gasteiger partial charge in [-0.15, -0.1) is 0 Å². The van der Waals surface area contributed by atoms with Gasteiger partial charge in [-0.05, 0) is 70.7 Å². The summed E-state index contributed by atoms with van der Waals surface area (Å²) >= 11 is 6.48. The fourth-order valence-corrected chi connectivity index (χ4v) is 5.94. The first-order valence-corrected chi connectivity index (χ1v) is 14.5. The molecule has 39 heavy (non-hydrogen) atoms. The Morgan fingerprint density at radius 2 is 1.82 bits per heavy atom. The Kier molecular flexibility index (Phi) is 9.45. The molecule has 3 aliphatic rings. The highest BCUT2D eigenvalue weighted by atomic mass is 35.5. The fourth-order valence-electron chi connectivity index (χ4n) is 5.70. The average molecular weight is 563 g/mol. The molecule has 0 aromatic heterocycles. The molecule has 3 amide bonds. The first-order chi connectivity index (χ1) is 18.4. The van der Waals surface area contributed by atoms with E-state index in [9.17, 15) is 14.4 Å². The van der Waals surface area contributed by atoms with Gasteiger partial charge in [0.25, 0.3) is 5.91 Å². The van der Waals surface area contributed by atoms with Crippen molar-refractivity contribution >= 4 is 35.2 Å². The van der Waals surface area contributed by atoms with E-state index in [1.807, 2.05) is 33.8 Å². The van der Waals surface area contributed by atoms with Gasteiger partial charge >= 0.3 is 6.09 Å². The molecule has 2 atom stereocenters. The van der Waals surface area contributed by atoms with Gasteiger partial charge in [-0.3, -0.25) is 14.5 Å². The van der Waals surface area contributed by atoms with E-state index in [1.54, 1.807) is 6.07 Å². The first kappa shape index (κ1) is 29.6. The summed E-state index contributed by atoms with van der Waals surface area (Å²) in [7, 11) is 0. The Hall–Kier alpha value is -2.36. The van der Waals surface area contributed by atoms with Crippen LogP contribution in [0.4, 0.5) is 10.5 Å². The van der Waals surface area contributed by atoms with Crippen molar-refractivity contribution in [1.82, 2.24) is 14.7 Å². The summed E-state index contributed by atoms with van der Waals surface area (Å²) in [4.78, 5) is 44.5. The van der Waals surface area contributed by atoms with E-state index < -0.39 is 17.8 Å². The molecule has 0 spiro atoms. The van der Waals surface area contributed by atoms with Crippen LogP contribution in [0.1, 0.15) is 64.5 Å². The van der Waals surface area contributed by atoms with Crippen molar-refractivity contribution in [2.45, 2.75) is 84.6 Å². The van der Waals surface area contributed by atoms with Gasteiger partial charge in [0.2, 0.25) is 5.91 Å². The highest BCUT2D eigenvalue weighted by Crippen LogP contribution is 2.30. The zero-order valence-electron chi connectivity index (χ0n) is 23.9. The van der Waals surface area contributed by atoms with Crippen molar-refractivity contribution in [3.8, 4) is 0 Å². The average Bonchev–Trinajstić information content (AvgIpc) is 3.41. The van der Waals surface area contributed by atoms with Crippen LogP contribution in [0.2, 0.25) is 5.02 Å². The fraction of sp³-hybridized carbons (Fsp3) is 0.690. The lowest BCUT2D eigenvalue weighted by molar-refractivity contribution is -0.140. The van der Waals surface area contributed by atoms with Crippen LogP contribution >= 0.6 is 11.6 Å². The van der Waals surface area contributed by atoms with Gasteiger partial charge in [-0.25, -0.2) is 4.79 Å². The third-order valence-electron chi connectivity index (χ3n) is 7.84. The van der Waals surface area contributed by atoms with Crippen molar-refractivity contribution in [1.29, 1.82) is 0 Å². The van der Waals surface area contributed by atoms with Crippen molar-refractivity contribution in [3.05, 3.63) is 28.3 Å². The summed E-state index contributed by atoms with van der Waals surface area (Å²) in [5.41, 5.74) is 1.98. The number of ether oxygens (including phenoxy) is 2. The molecular weight excluding hydrogens is 520 g/mol. The number of morpholine rings is 1. The summed E-state index contributed by atoms with van der Waals surface area (Å²) in [6, 6.07) is 3.84. The second-order valence-corrected chi connectivity index (χ2v) is 12.5. The molecule has 2 aliphatic heterocycles. The molecule has 1 N–H and O–H groups in total. The van der Waals surface area contributed by atoms with Gasteiger partial charge in [-0.1, -0.05) is 24.4 Å². The predicted octanol–water partition coefficient (Wildman–Crippen LogP) is 4.45. The molecule has 2 heterocycles. The van der Waals surface area contributed by atoms with Crippen molar-refractivity contribution < 1.29 is 23.9 Å². The largest absolute Gasteiger partial charge is 0.444 e. The maximum Gasteiger partial charge on any atom is 0.410 e. The molecule has 1 unspecified atom stereocenters. The van der Waals surface area contributed by atoms with Crippen molar-refractivity contribution in [2.24, 2.45) is 5.92 Å². The Labute approximate surface area is 237 Å². The predicted molar refractivity (Wildman–Crippen MR) is 151 cm³/mol. The molecule has 1 saturated carbocycles. The quantitative estimate of drug-likeness (QED) is 0.570. The Balaban J connectivity index is 1.37. The normalized spacial score (nSPS) is 23.1. The number of anilines is 1. The molecule has 0 radical (unpaired) electrons. The minimum atomic E-state index is -0.806. The number of nitrogens with one attached hydrogen (secondary N) is 1. The van der Waals surface area contributed by atoms with Crippen LogP contribution in [-0.4, -0.2) is 89.7 Å². The van der Waals surface area contributed by atoms with Crippen LogP contribution in [0.5, 0.6) is 0 Å². The number of benzene rings is 1. The van der Waals surface area contributed by atoms with E-state index in [0.717, 1.165) is 56.4 Å². The minimum Gasteiger partial charge on any atom is -0.444 e. The maximum atomic E-state index is 13.1.